The van der Waals surface area contributed by atoms with E-state index >= 15 is 0 Å². The Hall–Kier alpha value is -3.05. The largest absolute Gasteiger partial charge is 0.503 e. The van der Waals surface area contributed by atoms with Crippen LogP contribution < -0.4 is 10.1 Å². The molecule has 162 valence electrons. The molecular weight excluding hydrogens is 464 g/mol. The molecule has 0 fully saturated rings. The number of anilines is 1. The van der Waals surface area contributed by atoms with Crippen LogP contribution in [0.2, 0.25) is 0 Å². The molecule has 0 saturated heterocycles. The summed E-state index contributed by atoms with van der Waals surface area (Å²) in [6, 6.07) is 21.0. The Morgan fingerprint density at radius 2 is 1.97 bits per heavy atom. The summed E-state index contributed by atoms with van der Waals surface area (Å²) in [5.41, 5.74) is 5.65. The molecule has 0 spiro atoms. The third-order valence-electron chi connectivity index (χ3n) is 6.24. The number of benzene rings is 3. The average Bonchev–Trinajstić information content (AvgIpc) is 3.31. The summed E-state index contributed by atoms with van der Waals surface area (Å²) in [4.78, 5) is 4.62. The van der Waals surface area contributed by atoms with Gasteiger partial charge in [0.15, 0.2) is 11.5 Å². The number of nitrogens with zero attached hydrogens (tertiary/aromatic N) is 1. The Bertz CT molecular complexity index is 1190. The zero-order valence-electron chi connectivity index (χ0n) is 17.8. The fourth-order valence-corrected chi connectivity index (χ4v) is 5.18. The first kappa shape index (κ1) is 20.8. The van der Waals surface area contributed by atoms with Crippen LogP contribution in [0.25, 0.3) is 0 Å². The molecule has 0 radical (unpaired) electrons. The number of fused-ring (bicyclic) bond motifs is 3. The molecule has 0 saturated carbocycles. The first-order valence-electron chi connectivity index (χ1n) is 11.0. The summed E-state index contributed by atoms with van der Waals surface area (Å²) in [5.74, 6) is 1.56. The van der Waals surface area contributed by atoms with E-state index in [1.165, 1.54) is 16.8 Å². The molecule has 1 aliphatic heterocycles. The first-order chi connectivity index (χ1) is 15.6. The summed E-state index contributed by atoms with van der Waals surface area (Å²) >= 11 is 3.38. The molecule has 0 unspecified atom stereocenters. The van der Waals surface area contributed by atoms with Crippen LogP contribution in [0.1, 0.15) is 42.0 Å². The summed E-state index contributed by atoms with van der Waals surface area (Å²) in [6.45, 7) is 2.37. The number of phenolic OH excluding ortho intramolecular Hbond substituents is 1. The lowest BCUT2D eigenvalue weighted by Gasteiger charge is -2.37. The number of allylic oxidation sites excluding steroid dienone is 2. The van der Waals surface area contributed by atoms with Crippen molar-refractivity contribution < 1.29 is 9.84 Å². The maximum atomic E-state index is 10.1. The highest BCUT2D eigenvalue weighted by Crippen LogP contribution is 2.49. The third kappa shape index (κ3) is 3.93. The van der Waals surface area contributed by atoms with Crippen molar-refractivity contribution in [1.82, 2.24) is 0 Å². The van der Waals surface area contributed by atoms with Crippen LogP contribution in [-0.4, -0.2) is 17.9 Å². The summed E-state index contributed by atoms with van der Waals surface area (Å²) in [7, 11) is 0. The number of para-hydroxylation sites is 1. The normalized spacial score (nSPS) is 21.2. The van der Waals surface area contributed by atoms with Gasteiger partial charge in [-0.05, 0) is 82.2 Å². The van der Waals surface area contributed by atoms with Gasteiger partial charge in [0.05, 0.1) is 22.8 Å². The van der Waals surface area contributed by atoms with Gasteiger partial charge in [0.2, 0.25) is 0 Å². The number of halogens is 1. The summed E-state index contributed by atoms with van der Waals surface area (Å²) < 4.78 is 6.09. The van der Waals surface area contributed by atoms with Crippen molar-refractivity contribution in [2.75, 3.05) is 11.9 Å². The zero-order chi connectivity index (χ0) is 22.1. The van der Waals surface area contributed by atoms with Gasteiger partial charge in [0.1, 0.15) is 0 Å². The van der Waals surface area contributed by atoms with Gasteiger partial charge in [0, 0.05) is 17.8 Å². The second-order valence-corrected chi connectivity index (χ2v) is 9.05. The van der Waals surface area contributed by atoms with Gasteiger partial charge >= 0.3 is 0 Å². The summed E-state index contributed by atoms with van der Waals surface area (Å²) in [6.07, 6.45) is 7.56. The number of hydrogen-bond acceptors (Lipinski definition) is 4. The predicted molar refractivity (Wildman–Crippen MR) is 133 cm³/mol. The number of nitrogens with one attached hydrogen (secondary N) is 1. The van der Waals surface area contributed by atoms with Crippen molar-refractivity contribution in [3.63, 3.8) is 0 Å². The van der Waals surface area contributed by atoms with E-state index in [4.69, 9.17) is 4.74 Å². The fraction of sp³-hybridized carbons (Fsp3) is 0.222. The van der Waals surface area contributed by atoms with Crippen molar-refractivity contribution in [3.05, 3.63) is 94.0 Å². The van der Waals surface area contributed by atoms with Crippen molar-refractivity contribution >= 4 is 33.5 Å². The Balaban J connectivity index is 1.36. The van der Waals surface area contributed by atoms with E-state index < -0.39 is 0 Å². The molecule has 3 atom stereocenters. The van der Waals surface area contributed by atoms with E-state index in [2.05, 4.69) is 86.9 Å². The molecule has 0 aromatic heterocycles. The molecule has 0 bridgehead atoms. The molecule has 4 nitrogen and oxygen atoms in total. The molecule has 5 heteroatoms. The number of hydrogen-bond donors (Lipinski definition) is 2. The van der Waals surface area contributed by atoms with Gasteiger partial charge in [-0.1, -0.05) is 42.5 Å². The lowest BCUT2D eigenvalue weighted by atomic mass is 9.77. The molecule has 3 aromatic rings. The lowest BCUT2D eigenvalue weighted by molar-refractivity contribution is 0.317. The van der Waals surface area contributed by atoms with E-state index in [-0.39, 0.29) is 11.8 Å². The molecule has 1 heterocycles. The molecule has 2 aliphatic rings. The van der Waals surface area contributed by atoms with Gasteiger partial charge in [-0.2, -0.15) is 0 Å². The van der Waals surface area contributed by atoms with Gasteiger partial charge in [-0.15, -0.1) is 0 Å². The Kier molecular flexibility index (Phi) is 5.75. The second kappa shape index (κ2) is 8.83. The first-order valence-corrected chi connectivity index (χ1v) is 11.7. The molecule has 0 amide bonds. The SMILES string of the molecule is CCOc1cc(C=Nc2ccc([C@@H]3Nc4ccccc4[C@@H]4C=CC[C@H]43)cc2)cc(Br)c1O. The quantitative estimate of drug-likeness (QED) is 0.296. The van der Waals surface area contributed by atoms with Gasteiger partial charge in [-0.3, -0.25) is 4.99 Å². The predicted octanol–water partition coefficient (Wildman–Crippen LogP) is 7.13. The van der Waals surface area contributed by atoms with E-state index in [1.807, 2.05) is 13.0 Å². The number of aliphatic imine (C=N–C) groups is 1. The lowest BCUT2D eigenvalue weighted by Crippen LogP contribution is -2.28. The van der Waals surface area contributed by atoms with Crippen molar-refractivity contribution in [2.45, 2.75) is 25.3 Å². The van der Waals surface area contributed by atoms with Gasteiger partial charge < -0.3 is 15.2 Å². The second-order valence-electron chi connectivity index (χ2n) is 8.19. The Labute approximate surface area is 196 Å². The van der Waals surface area contributed by atoms with Crippen molar-refractivity contribution in [1.29, 1.82) is 0 Å². The molecule has 5 rings (SSSR count). The summed E-state index contributed by atoms with van der Waals surface area (Å²) in [5, 5.41) is 13.9. The average molecular weight is 489 g/mol. The topological polar surface area (TPSA) is 53.8 Å². The van der Waals surface area contributed by atoms with Crippen LogP contribution in [0.4, 0.5) is 11.4 Å². The van der Waals surface area contributed by atoms with E-state index in [0.717, 1.165) is 17.7 Å². The minimum Gasteiger partial charge on any atom is -0.503 e. The molecule has 1 aliphatic carbocycles. The maximum Gasteiger partial charge on any atom is 0.172 e. The maximum absolute atomic E-state index is 10.1. The monoisotopic (exact) mass is 488 g/mol. The minimum atomic E-state index is 0.106. The third-order valence-corrected chi connectivity index (χ3v) is 6.84. The number of phenols is 1. The van der Waals surface area contributed by atoms with E-state index in [0.29, 0.717) is 28.7 Å². The highest BCUT2D eigenvalue weighted by Gasteiger charge is 2.37. The van der Waals surface area contributed by atoms with Gasteiger partial charge in [0.25, 0.3) is 0 Å². The van der Waals surface area contributed by atoms with E-state index in [9.17, 15) is 5.11 Å². The minimum absolute atomic E-state index is 0.106. The standard InChI is InChI=1S/C27H25BrN2O2/c1-2-32-25-15-17(14-23(28)27(25)31)16-29-19-12-10-18(11-13-19)26-22-8-5-7-20(22)21-6-3-4-9-24(21)30-26/h3-7,9-16,20,22,26,30-31H,2,8H2,1H3/t20-,22+,26-/m0/s1. The zero-order valence-corrected chi connectivity index (χ0v) is 19.4. The number of ether oxygens (including phenoxy) is 1. The number of aromatic hydroxyl groups is 1. The van der Waals surface area contributed by atoms with E-state index in [1.54, 1.807) is 12.3 Å². The van der Waals surface area contributed by atoms with Crippen LogP contribution in [-0.2, 0) is 0 Å². The smallest absolute Gasteiger partial charge is 0.172 e. The Morgan fingerprint density at radius 3 is 2.78 bits per heavy atom. The Morgan fingerprint density at radius 1 is 1.16 bits per heavy atom. The van der Waals surface area contributed by atoms with Crippen LogP contribution in [0.5, 0.6) is 11.5 Å². The van der Waals surface area contributed by atoms with Crippen LogP contribution >= 0.6 is 15.9 Å². The van der Waals surface area contributed by atoms with Crippen LogP contribution in [0, 0.1) is 5.92 Å². The van der Waals surface area contributed by atoms with Crippen molar-refractivity contribution in [3.8, 4) is 11.5 Å². The molecule has 3 aromatic carbocycles. The van der Waals surface area contributed by atoms with Crippen LogP contribution in [0.15, 0.2) is 82.3 Å². The van der Waals surface area contributed by atoms with Crippen LogP contribution in [0.3, 0.4) is 0 Å². The molecular formula is C27H25BrN2O2. The molecule has 2 N–H and O–H groups in total. The molecule has 32 heavy (non-hydrogen) atoms. The fourth-order valence-electron chi connectivity index (χ4n) is 4.72. The van der Waals surface area contributed by atoms with Crippen molar-refractivity contribution in [2.24, 2.45) is 10.9 Å². The van der Waals surface area contributed by atoms with Gasteiger partial charge in [-0.25, -0.2) is 0 Å². The highest BCUT2D eigenvalue weighted by molar-refractivity contribution is 9.10. The number of rotatable bonds is 5. The highest BCUT2D eigenvalue weighted by atomic mass is 79.9.